The topological polar surface area (TPSA) is 29.3 Å². The van der Waals surface area contributed by atoms with Crippen molar-refractivity contribution in [2.45, 2.75) is 25.9 Å². The molecule has 1 unspecified atom stereocenters. The van der Waals surface area contributed by atoms with Crippen LogP contribution in [0.2, 0.25) is 0 Å². The Morgan fingerprint density at radius 1 is 1.30 bits per heavy atom. The molecule has 1 heterocycles. The minimum Gasteiger partial charge on any atom is -0.329 e. The number of rotatable bonds is 7. The molecule has 2 N–H and O–H groups in total. The summed E-state index contributed by atoms with van der Waals surface area (Å²) in [7, 11) is 0. The molecule has 0 aliphatic carbocycles. The summed E-state index contributed by atoms with van der Waals surface area (Å²) in [6.45, 7) is 4.88. The summed E-state index contributed by atoms with van der Waals surface area (Å²) in [6, 6.07) is 13.1. The maximum Gasteiger partial charge on any atom is 0.0567 e. The number of thiophene rings is 1. The van der Waals surface area contributed by atoms with Gasteiger partial charge in [0.15, 0.2) is 0 Å². The van der Waals surface area contributed by atoms with Gasteiger partial charge in [0.2, 0.25) is 0 Å². The highest BCUT2D eigenvalue weighted by molar-refractivity contribution is 9.10. The van der Waals surface area contributed by atoms with Gasteiger partial charge in [0, 0.05) is 27.8 Å². The van der Waals surface area contributed by atoms with Crippen LogP contribution in [0.5, 0.6) is 0 Å². The lowest BCUT2D eigenvalue weighted by atomic mass is 10.1. The van der Waals surface area contributed by atoms with E-state index in [1.54, 1.807) is 11.3 Å². The summed E-state index contributed by atoms with van der Waals surface area (Å²) in [4.78, 5) is 3.82. The normalized spacial score (nSPS) is 12.8. The first-order valence-electron chi connectivity index (χ1n) is 6.96. The van der Waals surface area contributed by atoms with Crippen LogP contribution in [-0.2, 0) is 6.54 Å². The minimum atomic E-state index is 0.298. The van der Waals surface area contributed by atoms with Gasteiger partial charge < -0.3 is 5.73 Å². The van der Waals surface area contributed by atoms with Crippen LogP contribution in [0, 0.1) is 0 Å². The molecule has 20 heavy (non-hydrogen) atoms. The molecule has 0 saturated heterocycles. The van der Waals surface area contributed by atoms with Gasteiger partial charge in [-0.2, -0.15) is 0 Å². The van der Waals surface area contributed by atoms with Crippen LogP contribution in [0.15, 0.2) is 46.3 Å². The molecule has 0 amide bonds. The Morgan fingerprint density at radius 3 is 2.60 bits per heavy atom. The lowest BCUT2D eigenvalue weighted by molar-refractivity contribution is 0.195. The van der Waals surface area contributed by atoms with Crippen molar-refractivity contribution in [3.05, 3.63) is 56.7 Å². The second-order valence-corrected chi connectivity index (χ2v) is 6.73. The molecule has 0 aliphatic heterocycles. The standard InChI is InChI=1S/C16H21BrN2S/c1-2-8-19(11-13-6-4-3-5-7-13)15(10-18)16-9-14(17)12-20-16/h3-7,9,12,15H,2,8,10-11,18H2,1H3. The lowest BCUT2D eigenvalue weighted by Gasteiger charge is -2.30. The molecular formula is C16H21BrN2S. The molecule has 0 fully saturated rings. The molecule has 1 atom stereocenters. The van der Waals surface area contributed by atoms with E-state index in [0.29, 0.717) is 12.6 Å². The smallest absolute Gasteiger partial charge is 0.0567 e. The minimum absolute atomic E-state index is 0.298. The number of halogens is 1. The van der Waals surface area contributed by atoms with Crippen LogP contribution in [0.1, 0.15) is 29.8 Å². The first kappa shape index (κ1) is 15.7. The Balaban J connectivity index is 2.17. The number of hydrogen-bond acceptors (Lipinski definition) is 3. The Labute approximate surface area is 133 Å². The molecular weight excluding hydrogens is 332 g/mol. The maximum absolute atomic E-state index is 6.05. The third kappa shape index (κ3) is 4.16. The van der Waals surface area contributed by atoms with Gasteiger partial charge in [-0.05, 0) is 40.5 Å². The molecule has 2 aromatic rings. The monoisotopic (exact) mass is 352 g/mol. The van der Waals surface area contributed by atoms with Crippen molar-refractivity contribution in [3.8, 4) is 0 Å². The Hall–Kier alpha value is -0.680. The van der Waals surface area contributed by atoms with Crippen molar-refractivity contribution in [2.75, 3.05) is 13.1 Å². The highest BCUT2D eigenvalue weighted by Crippen LogP contribution is 2.30. The summed E-state index contributed by atoms with van der Waals surface area (Å²) in [5, 5.41) is 2.13. The molecule has 0 radical (unpaired) electrons. The largest absolute Gasteiger partial charge is 0.329 e. The number of benzene rings is 1. The van der Waals surface area contributed by atoms with Gasteiger partial charge in [-0.1, -0.05) is 37.3 Å². The second kappa shape index (κ2) is 7.93. The van der Waals surface area contributed by atoms with Gasteiger partial charge in [0.05, 0.1) is 6.04 Å². The van der Waals surface area contributed by atoms with Gasteiger partial charge in [-0.3, -0.25) is 4.90 Å². The van der Waals surface area contributed by atoms with E-state index in [1.807, 2.05) is 0 Å². The molecule has 1 aromatic carbocycles. The van der Waals surface area contributed by atoms with Crippen molar-refractivity contribution in [1.82, 2.24) is 4.90 Å². The SMILES string of the molecule is CCCN(Cc1ccccc1)C(CN)c1cc(Br)cs1. The third-order valence-electron chi connectivity index (χ3n) is 3.32. The van der Waals surface area contributed by atoms with Crippen LogP contribution in [0.4, 0.5) is 0 Å². The summed E-state index contributed by atoms with van der Waals surface area (Å²) in [5.74, 6) is 0. The Kier molecular flexibility index (Phi) is 6.23. The zero-order valence-corrected chi connectivity index (χ0v) is 14.2. The fourth-order valence-corrected chi connectivity index (χ4v) is 3.99. The molecule has 0 spiro atoms. The molecule has 4 heteroatoms. The lowest BCUT2D eigenvalue weighted by Crippen LogP contribution is -2.33. The third-order valence-corrected chi connectivity index (χ3v) is 5.11. The molecule has 2 rings (SSSR count). The molecule has 108 valence electrons. The summed E-state index contributed by atoms with van der Waals surface area (Å²) < 4.78 is 1.15. The fourth-order valence-electron chi connectivity index (χ4n) is 2.40. The van der Waals surface area contributed by atoms with Crippen molar-refractivity contribution in [3.63, 3.8) is 0 Å². The van der Waals surface area contributed by atoms with Crippen molar-refractivity contribution in [2.24, 2.45) is 5.73 Å². The first-order chi connectivity index (χ1) is 9.74. The van der Waals surface area contributed by atoms with Gasteiger partial charge in [0.25, 0.3) is 0 Å². The van der Waals surface area contributed by atoms with Crippen LogP contribution >= 0.6 is 27.3 Å². The molecule has 1 aromatic heterocycles. The van der Waals surface area contributed by atoms with E-state index in [0.717, 1.165) is 24.0 Å². The van der Waals surface area contributed by atoms with Gasteiger partial charge in [-0.15, -0.1) is 11.3 Å². The molecule has 0 saturated carbocycles. The van der Waals surface area contributed by atoms with Crippen LogP contribution in [-0.4, -0.2) is 18.0 Å². The Bertz CT molecular complexity index is 512. The van der Waals surface area contributed by atoms with Crippen LogP contribution in [0.25, 0.3) is 0 Å². The molecule has 2 nitrogen and oxygen atoms in total. The predicted octanol–water partition coefficient (Wildman–Crippen LogP) is 4.42. The average molecular weight is 353 g/mol. The second-order valence-electron chi connectivity index (χ2n) is 4.87. The van der Waals surface area contributed by atoms with Gasteiger partial charge in [-0.25, -0.2) is 0 Å². The quantitative estimate of drug-likeness (QED) is 0.798. The van der Waals surface area contributed by atoms with E-state index in [-0.39, 0.29) is 0 Å². The van der Waals surface area contributed by atoms with Gasteiger partial charge in [0.1, 0.15) is 0 Å². The van der Waals surface area contributed by atoms with E-state index in [2.05, 4.69) is 69.5 Å². The van der Waals surface area contributed by atoms with E-state index in [1.165, 1.54) is 10.4 Å². The highest BCUT2D eigenvalue weighted by Gasteiger charge is 2.20. The summed E-state index contributed by atoms with van der Waals surface area (Å²) in [6.07, 6.45) is 1.13. The fraction of sp³-hybridized carbons (Fsp3) is 0.375. The van der Waals surface area contributed by atoms with Crippen LogP contribution < -0.4 is 5.73 Å². The van der Waals surface area contributed by atoms with E-state index >= 15 is 0 Å². The average Bonchev–Trinajstić information content (AvgIpc) is 2.87. The zero-order chi connectivity index (χ0) is 14.4. The maximum atomic E-state index is 6.05. The predicted molar refractivity (Wildman–Crippen MR) is 91.0 cm³/mol. The zero-order valence-electron chi connectivity index (χ0n) is 11.8. The first-order valence-corrected chi connectivity index (χ1v) is 8.63. The summed E-state index contributed by atoms with van der Waals surface area (Å²) >= 11 is 5.31. The van der Waals surface area contributed by atoms with Crippen molar-refractivity contribution in [1.29, 1.82) is 0 Å². The van der Waals surface area contributed by atoms with E-state index in [4.69, 9.17) is 5.73 Å². The highest BCUT2D eigenvalue weighted by atomic mass is 79.9. The van der Waals surface area contributed by atoms with Crippen molar-refractivity contribution >= 4 is 27.3 Å². The number of nitrogens with two attached hydrogens (primary N) is 1. The molecule has 0 aliphatic rings. The van der Waals surface area contributed by atoms with Crippen LogP contribution in [0.3, 0.4) is 0 Å². The summed E-state index contributed by atoms with van der Waals surface area (Å²) in [5.41, 5.74) is 7.39. The number of hydrogen-bond donors (Lipinski definition) is 1. The van der Waals surface area contributed by atoms with Crippen molar-refractivity contribution < 1.29 is 0 Å². The number of nitrogens with zero attached hydrogens (tertiary/aromatic N) is 1. The Morgan fingerprint density at radius 2 is 2.05 bits per heavy atom. The molecule has 0 bridgehead atoms. The van der Waals surface area contributed by atoms with E-state index < -0.39 is 0 Å². The van der Waals surface area contributed by atoms with Gasteiger partial charge >= 0.3 is 0 Å². The van der Waals surface area contributed by atoms with E-state index in [9.17, 15) is 0 Å².